The van der Waals surface area contributed by atoms with Gasteiger partial charge in [0, 0.05) is 31.7 Å². The summed E-state index contributed by atoms with van der Waals surface area (Å²) in [5, 5.41) is 0. The average Bonchev–Trinajstić information content (AvgIpc) is 2.73. The molecule has 140 valence electrons. The molecule has 0 bridgehead atoms. The zero-order valence-electron chi connectivity index (χ0n) is 15.2. The van der Waals surface area contributed by atoms with Gasteiger partial charge in [0.25, 0.3) is 5.91 Å². The molecule has 0 N–H and O–H groups in total. The third kappa shape index (κ3) is 3.59. The second-order valence-corrected chi connectivity index (χ2v) is 7.27. The highest BCUT2D eigenvalue weighted by molar-refractivity contribution is 5.94. The first-order chi connectivity index (χ1) is 13.1. The molecule has 0 radical (unpaired) electrons. The Morgan fingerprint density at radius 1 is 0.889 bits per heavy atom. The molecule has 27 heavy (non-hydrogen) atoms. The Kier molecular flexibility index (Phi) is 4.92. The fraction of sp³-hybridized carbons (Fsp3) is 0.364. The van der Waals surface area contributed by atoms with Crippen LogP contribution < -0.4 is 0 Å². The second kappa shape index (κ2) is 7.51. The standard InChI is InChI=1S/C22H23FN2O2/c23-18-10-8-17(9-11-18)21(26)24-12-14-25(15-13-24)22(27)20-7-3-5-16-4-1-2-6-19(16)20/h1-2,4,6,8-11,20H,3,5,7,12-15H2. The van der Waals surface area contributed by atoms with Crippen LogP contribution in [-0.4, -0.2) is 47.8 Å². The maximum absolute atomic E-state index is 13.1. The van der Waals surface area contributed by atoms with Crippen LogP contribution in [0.25, 0.3) is 0 Å². The largest absolute Gasteiger partial charge is 0.339 e. The molecule has 1 fully saturated rings. The molecular weight excluding hydrogens is 343 g/mol. The van der Waals surface area contributed by atoms with Crippen molar-refractivity contribution >= 4 is 11.8 Å². The molecule has 1 atom stereocenters. The number of hydrogen-bond acceptors (Lipinski definition) is 2. The van der Waals surface area contributed by atoms with Crippen LogP contribution in [0.15, 0.2) is 48.5 Å². The van der Waals surface area contributed by atoms with Crippen LogP contribution >= 0.6 is 0 Å². The molecule has 4 rings (SSSR count). The van der Waals surface area contributed by atoms with E-state index in [0.717, 1.165) is 19.3 Å². The summed E-state index contributed by atoms with van der Waals surface area (Å²) in [6.45, 7) is 2.11. The lowest BCUT2D eigenvalue weighted by atomic mass is 9.82. The van der Waals surface area contributed by atoms with Crippen LogP contribution in [0.2, 0.25) is 0 Å². The first-order valence-corrected chi connectivity index (χ1v) is 9.55. The van der Waals surface area contributed by atoms with Gasteiger partial charge in [-0.25, -0.2) is 4.39 Å². The van der Waals surface area contributed by atoms with Crippen molar-refractivity contribution in [2.75, 3.05) is 26.2 Å². The van der Waals surface area contributed by atoms with Crippen molar-refractivity contribution in [2.24, 2.45) is 0 Å². The van der Waals surface area contributed by atoms with Crippen LogP contribution in [0.5, 0.6) is 0 Å². The van der Waals surface area contributed by atoms with E-state index in [-0.39, 0.29) is 23.5 Å². The fourth-order valence-electron chi connectivity index (χ4n) is 4.14. The number of piperazine rings is 1. The maximum atomic E-state index is 13.1. The van der Waals surface area contributed by atoms with Crippen molar-refractivity contribution in [1.29, 1.82) is 0 Å². The zero-order valence-corrected chi connectivity index (χ0v) is 15.2. The fourth-order valence-corrected chi connectivity index (χ4v) is 4.14. The predicted octanol–water partition coefficient (Wildman–Crippen LogP) is 3.23. The smallest absolute Gasteiger partial charge is 0.253 e. The average molecular weight is 366 g/mol. The predicted molar refractivity (Wildman–Crippen MR) is 101 cm³/mol. The van der Waals surface area contributed by atoms with Gasteiger partial charge in [-0.05, 0) is 54.7 Å². The van der Waals surface area contributed by atoms with E-state index < -0.39 is 0 Å². The number of hydrogen-bond donors (Lipinski definition) is 0. The number of nitrogens with zero attached hydrogens (tertiary/aromatic N) is 2. The molecule has 0 spiro atoms. The SMILES string of the molecule is O=C(c1ccc(F)cc1)N1CCN(C(=O)C2CCCc3ccccc32)CC1. The topological polar surface area (TPSA) is 40.6 Å². The molecule has 0 saturated carbocycles. The van der Waals surface area contributed by atoms with Crippen LogP contribution in [0, 0.1) is 5.82 Å². The Morgan fingerprint density at radius 2 is 1.56 bits per heavy atom. The van der Waals surface area contributed by atoms with Crippen molar-refractivity contribution in [3.8, 4) is 0 Å². The summed E-state index contributed by atoms with van der Waals surface area (Å²) >= 11 is 0. The number of benzene rings is 2. The van der Waals surface area contributed by atoms with Gasteiger partial charge >= 0.3 is 0 Å². The molecular formula is C22H23FN2O2. The quantitative estimate of drug-likeness (QED) is 0.819. The van der Waals surface area contributed by atoms with Crippen molar-refractivity contribution in [1.82, 2.24) is 9.80 Å². The van der Waals surface area contributed by atoms with Crippen molar-refractivity contribution < 1.29 is 14.0 Å². The summed E-state index contributed by atoms with van der Waals surface area (Å²) in [4.78, 5) is 29.3. The lowest BCUT2D eigenvalue weighted by Gasteiger charge is -2.37. The van der Waals surface area contributed by atoms with E-state index >= 15 is 0 Å². The number of carbonyl (C=O) groups excluding carboxylic acids is 2. The van der Waals surface area contributed by atoms with Gasteiger partial charge in [0.05, 0.1) is 5.92 Å². The second-order valence-electron chi connectivity index (χ2n) is 7.27. The Morgan fingerprint density at radius 3 is 2.30 bits per heavy atom. The molecule has 2 aliphatic rings. The van der Waals surface area contributed by atoms with Gasteiger partial charge in [-0.3, -0.25) is 9.59 Å². The summed E-state index contributed by atoms with van der Waals surface area (Å²) in [6, 6.07) is 13.8. The molecule has 1 heterocycles. The van der Waals surface area contributed by atoms with Crippen molar-refractivity contribution in [3.63, 3.8) is 0 Å². The third-order valence-electron chi connectivity index (χ3n) is 5.64. The van der Waals surface area contributed by atoms with Crippen molar-refractivity contribution in [2.45, 2.75) is 25.2 Å². The number of aryl methyl sites for hydroxylation is 1. The molecule has 1 aliphatic heterocycles. The van der Waals surface area contributed by atoms with Crippen LogP contribution in [0.3, 0.4) is 0 Å². The minimum atomic E-state index is -0.352. The Bertz CT molecular complexity index is 842. The highest BCUT2D eigenvalue weighted by Crippen LogP contribution is 2.33. The van der Waals surface area contributed by atoms with Gasteiger partial charge in [-0.2, -0.15) is 0 Å². The zero-order chi connectivity index (χ0) is 18.8. The first kappa shape index (κ1) is 17.7. The highest BCUT2D eigenvalue weighted by atomic mass is 19.1. The molecule has 2 amide bonds. The summed E-state index contributed by atoms with van der Waals surface area (Å²) in [7, 11) is 0. The van der Waals surface area contributed by atoms with Crippen molar-refractivity contribution in [3.05, 3.63) is 71.0 Å². The van der Waals surface area contributed by atoms with Crippen LogP contribution in [0.1, 0.15) is 40.2 Å². The minimum absolute atomic E-state index is 0.0608. The van der Waals surface area contributed by atoms with Gasteiger partial charge in [-0.1, -0.05) is 24.3 Å². The molecule has 1 aliphatic carbocycles. The number of amides is 2. The highest BCUT2D eigenvalue weighted by Gasteiger charge is 2.32. The molecule has 1 unspecified atom stereocenters. The Labute approximate surface area is 158 Å². The number of fused-ring (bicyclic) bond motifs is 1. The third-order valence-corrected chi connectivity index (χ3v) is 5.64. The van der Waals surface area contributed by atoms with E-state index in [4.69, 9.17) is 0 Å². The molecule has 4 nitrogen and oxygen atoms in total. The minimum Gasteiger partial charge on any atom is -0.339 e. The van der Waals surface area contributed by atoms with E-state index in [1.807, 2.05) is 17.0 Å². The lowest BCUT2D eigenvalue weighted by Crippen LogP contribution is -2.51. The van der Waals surface area contributed by atoms with Gasteiger partial charge in [0.2, 0.25) is 5.91 Å². The number of halogens is 1. The van der Waals surface area contributed by atoms with Gasteiger partial charge in [-0.15, -0.1) is 0 Å². The summed E-state index contributed by atoms with van der Waals surface area (Å²) in [6.07, 6.45) is 2.97. The first-order valence-electron chi connectivity index (χ1n) is 9.55. The monoisotopic (exact) mass is 366 g/mol. The van der Waals surface area contributed by atoms with E-state index in [9.17, 15) is 14.0 Å². The molecule has 0 aromatic heterocycles. The van der Waals surface area contributed by atoms with E-state index in [0.29, 0.717) is 31.7 Å². The number of rotatable bonds is 2. The van der Waals surface area contributed by atoms with E-state index in [1.165, 1.54) is 35.4 Å². The molecule has 2 aromatic rings. The van der Waals surface area contributed by atoms with Gasteiger partial charge in [0.1, 0.15) is 5.82 Å². The van der Waals surface area contributed by atoms with Crippen LogP contribution in [0.4, 0.5) is 4.39 Å². The van der Waals surface area contributed by atoms with Crippen LogP contribution in [-0.2, 0) is 11.2 Å². The molecule has 2 aromatic carbocycles. The van der Waals surface area contributed by atoms with Gasteiger partial charge < -0.3 is 9.80 Å². The summed E-state index contributed by atoms with van der Waals surface area (Å²) in [5.74, 6) is -0.342. The normalized spacial score (nSPS) is 19.5. The summed E-state index contributed by atoms with van der Waals surface area (Å²) in [5.41, 5.74) is 2.93. The lowest BCUT2D eigenvalue weighted by molar-refractivity contribution is -0.134. The maximum Gasteiger partial charge on any atom is 0.253 e. The van der Waals surface area contributed by atoms with Gasteiger partial charge in [0.15, 0.2) is 0 Å². The number of carbonyl (C=O) groups is 2. The van der Waals surface area contributed by atoms with E-state index in [1.54, 1.807) is 4.90 Å². The summed E-state index contributed by atoms with van der Waals surface area (Å²) < 4.78 is 13.0. The Hall–Kier alpha value is -2.69. The molecule has 5 heteroatoms. The molecule has 1 saturated heterocycles. The Balaban J connectivity index is 1.40. The van der Waals surface area contributed by atoms with E-state index in [2.05, 4.69) is 12.1 Å².